The molecule has 0 saturated carbocycles. The molecule has 0 atom stereocenters. The first-order valence-electron chi connectivity index (χ1n) is 4.60. The van der Waals surface area contributed by atoms with Gasteiger partial charge in [-0.3, -0.25) is 4.98 Å². The number of H-pyrrole nitrogens is 1. The van der Waals surface area contributed by atoms with Gasteiger partial charge in [-0.05, 0) is 17.7 Å². The monoisotopic (exact) mass is 280 g/mol. The van der Waals surface area contributed by atoms with Crippen LogP contribution >= 0.6 is 15.9 Å². The molecule has 5 nitrogen and oxygen atoms in total. The molecule has 1 heterocycles. The lowest BCUT2D eigenvalue weighted by molar-refractivity contribution is 0.893. The molecule has 0 fully saturated rings. The van der Waals surface area contributed by atoms with E-state index < -0.39 is 5.69 Å². The van der Waals surface area contributed by atoms with E-state index in [1.165, 1.54) is 0 Å². The van der Waals surface area contributed by atoms with E-state index in [0.717, 1.165) is 10.0 Å². The molecule has 16 heavy (non-hydrogen) atoms. The van der Waals surface area contributed by atoms with Crippen molar-refractivity contribution in [2.75, 3.05) is 5.73 Å². The zero-order chi connectivity index (χ0) is 11.5. The van der Waals surface area contributed by atoms with Crippen molar-refractivity contribution >= 4 is 21.9 Å². The molecule has 2 rings (SSSR count). The van der Waals surface area contributed by atoms with E-state index in [9.17, 15) is 4.79 Å². The first-order chi connectivity index (χ1) is 7.63. The lowest BCUT2D eigenvalue weighted by atomic mass is 10.1. The zero-order valence-electron chi connectivity index (χ0n) is 8.27. The minimum atomic E-state index is -0.475. The number of rotatable bonds is 2. The second-order valence-corrected chi connectivity index (χ2v) is 4.18. The average molecular weight is 281 g/mol. The van der Waals surface area contributed by atoms with Crippen molar-refractivity contribution in [3.8, 4) is 0 Å². The number of nitrogen functional groups attached to an aromatic ring is 1. The van der Waals surface area contributed by atoms with Gasteiger partial charge in [0.2, 0.25) is 5.95 Å². The summed E-state index contributed by atoms with van der Waals surface area (Å²) in [5, 5.41) is 0. The Morgan fingerprint density at radius 1 is 1.38 bits per heavy atom. The minimum absolute atomic E-state index is 0.00579. The smallest absolute Gasteiger partial charge is 0.349 e. The highest BCUT2D eigenvalue weighted by molar-refractivity contribution is 9.10. The number of nitrogens with zero attached hydrogens (tertiary/aromatic N) is 2. The van der Waals surface area contributed by atoms with E-state index in [-0.39, 0.29) is 5.95 Å². The molecular weight excluding hydrogens is 272 g/mol. The molecule has 6 heteroatoms. The first kappa shape index (κ1) is 10.8. The maximum atomic E-state index is 11.1. The van der Waals surface area contributed by atoms with Gasteiger partial charge in [-0.15, -0.1) is 0 Å². The van der Waals surface area contributed by atoms with Crippen LogP contribution in [0.25, 0.3) is 0 Å². The Labute approximate surface area is 99.9 Å². The van der Waals surface area contributed by atoms with Gasteiger partial charge in [-0.1, -0.05) is 28.1 Å². The van der Waals surface area contributed by atoms with Gasteiger partial charge in [0.05, 0.1) is 0 Å². The second-order valence-electron chi connectivity index (χ2n) is 3.27. The van der Waals surface area contributed by atoms with Gasteiger partial charge in [-0.2, -0.15) is 9.97 Å². The summed E-state index contributed by atoms with van der Waals surface area (Å²) >= 11 is 3.38. The van der Waals surface area contributed by atoms with Gasteiger partial charge >= 0.3 is 5.69 Å². The summed E-state index contributed by atoms with van der Waals surface area (Å²) in [7, 11) is 0. The summed E-state index contributed by atoms with van der Waals surface area (Å²) in [6.07, 6.45) is 0.515. The molecule has 2 aromatic rings. The number of aromatic nitrogens is 3. The Hall–Kier alpha value is -1.69. The van der Waals surface area contributed by atoms with Crippen LogP contribution in [-0.4, -0.2) is 15.0 Å². The van der Waals surface area contributed by atoms with E-state index in [1.54, 1.807) is 0 Å². The number of aromatic amines is 1. The lowest BCUT2D eigenvalue weighted by Crippen LogP contribution is -2.17. The Bertz CT molecular complexity index is 567. The molecule has 3 N–H and O–H groups in total. The SMILES string of the molecule is Nc1nc(Cc2cccc(Br)c2)[nH]c(=O)n1. The fraction of sp³-hybridized carbons (Fsp3) is 0.100. The van der Waals surface area contributed by atoms with Crippen molar-refractivity contribution in [1.82, 2.24) is 15.0 Å². The predicted molar refractivity (Wildman–Crippen MR) is 64.0 cm³/mol. The number of nitrogens with two attached hydrogens (primary N) is 1. The molecule has 0 amide bonds. The van der Waals surface area contributed by atoms with Gasteiger partial charge in [0.1, 0.15) is 5.82 Å². The van der Waals surface area contributed by atoms with Crippen LogP contribution < -0.4 is 11.4 Å². The van der Waals surface area contributed by atoms with Crippen LogP contribution in [0.2, 0.25) is 0 Å². The molecule has 82 valence electrons. The van der Waals surface area contributed by atoms with Crippen molar-refractivity contribution in [2.45, 2.75) is 6.42 Å². The molecule has 1 aromatic carbocycles. The molecule has 0 spiro atoms. The van der Waals surface area contributed by atoms with Crippen LogP contribution in [0.5, 0.6) is 0 Å². The minimum Gasteiger partial charge on any atom is -0.368 e. The van der Waals surface area contributed by atoms with Crippen molar-refractivity contribution in [3.63, 3.8) is 0 Å². The second kappa shape index (κ2) is 4.44. The lowest BCUT2D eigenvalue weighted by Gasteiger charge is -2.01. The molecule has 1 aromatic heterocycles. The van der Waals surface area contributed by atoms with Crippen LogP contribution in [0.4, 0.5) is 5.95 Å². The quantitative estimate of drug-likeness (QED) is 0.863. The normalized spacial score (nSPS) is 10.3. The van der Waals surface area contributed by atoms with Crippen molar-refractivity contribution in [1.29, 1.82) is 0 Å². The summed E-state index contributed by atoms with van der Waals surface area (Å²) in [6, 6.07) is 7.75. The van der Waals surface area contributed by atoms with Gasteiger partial charge in [0, 0.05) is 10.9 Å². The van der Waals surface area contributed by atoms with E-state index in [0.29, 0.717) is 12.2 Å². The number of hydrogen-bond acceptors (Lipinski definition) is 4. The number of halogens is 1. The van der Waals surface area contributed by atoms with Gasteiger partial charge in [0.15, 0.2) is 0 Å². The Morgan fingerprint density at radius 2 is 2.19 bits per heavy atom. The first-order valence-corrected chi connectivity index (χ1v) is 5.40. The van der Waals surface area contributed by atoms with Crippen LogP contribution in [-0.2, 0) is 6.42 Å². The van der Waals surface area contributed by atoms with Crippen LogP contribution in [0.3, 0.4) is 0 Å². The largest absolute Gasteiger partial charge is 0.368 e. The van der Waals surface area contributed by atoms with Crippen molar-refractivity contribution in [2.24, 2.45) is 0 Å². The van der Waals surface area contributed by atoms with E-state index >= 15 is 0 Å². The molecule has 0 aliphatic rings. The molecule has 0 aliphatic carbocycles. The van der Waals surface area contributed by atoms with Gasteiger partial charge in [0.25, 0.3) is 0 Å². The predicted octanol–water partition coefficient (Wildman–Crippen LogP) is 1.10. The maximum Gasteiger partial charge on any atom is 0.349 e. The molecule has 0 saturated heterocycles. The van der Waals surface area contributed by atoms with Crippen molar-refractivity contribution < 1.29 is 0 Å². The van der Waals surface area contributed by atoms with E-state index in [2.05, 4.69) is 30.9 Å². The summed E-state index contributed by atoms with van der Waals surface area (Å²) in [6.45, 7) is 0. The Morgan fingerprint density at radius 3 is 2.88 bits per heavy atom. The highest BCUT2D eigenvalue weighted by Gasteiger charge is 2.01. The topological polar surface area (TPSA) is 84.7 Å². The standard InChI is InChI=1S/C10H9BrN4O/c11-7-3-1-2-6(4-7)5-8-13-9(12)15-10(16)14-8/h1-4H,5H2,(H3,12,13,14,15,16). The maximum absolute atomic E-state index is 11.1. The number of anilines is 1. The molecule has 0 unspecified atom stereocenters. The van der Waals surface area contributed by atoms with Crippen molar-refractivity contribution in [3.05, 3.63) is 50.6 Å². The fourth-order valence-electron chi connectivity index (χ4n) is 1.37. The summed E-state index contributed by atoms with van der Waals surface area (Å²) in [4.78, 5) is 21.0. The highest BCUT2D eigenvalue weighted by atomic mass is 79.9. The molecule has 0 bridgehead atoms. The summed E-state index contributed by atoms with van der Waals surface area (Å²) in [5.41, 5.74) is 5.95. The molecule has 0 aliphatic heterocycles. The number of benzene rings is 1. The highest BCUT2D eigenvalue weighted by Crippen LogP contribution is 2.13. The van der Waals surface area contributed by atoms with Crippen LogP contribution in [0.1, 0.15) is 11.4 Å². The third-order valence-electron chi connectivity index (χ3n) is 1.98. The summed E-state index contributed by atoms with van der Waals surface area (Å²) in [5.74, 6) is 0.504. The average Bonchev–Trinajstić information content (AvgIpc) is 2.15. The Kier molecular flexibility index (Phi) is 3.00. The Balaban J connectivity index is 2.30. The van der Waals surface area contributed by atoms with Gasteiger partial charge < -0.3 is 5.73 Å². The van der Waals surface area contributed by atoms with Crippen LogP contribution in [0, 0.1) is 0 Å². The third kappa shape index (κ3) is 2.66. The zero-order valence-corrected chi connectivity index (χ0v) is 9.86. The van der Waals surface area contributed by atoms with Crippen LogP contribution in [0.15, 0.2) is 33.5 Å². The van der Waals surface area contributed by atoms with E-state index in [1.807, 2.05) is 24.3 Å². The number of hydrogen-bond donors (Lipinski definition) is 2. The summed E-state index contributed by atoms with van der Waals surface area (Å²) < 4.78 is 0.981. The van der Waals surface area contributed by atoms with Gasteiger partial charge in [-0.25, -0.2) is 4.79 Å². The third-order valence-corrected chi connectivity index (χ3v) is 2.47. The van der Waals surface area contributed by atoms with E-state index in [4.69, 9.17) is 5.73 Å². The number of nitrogens with one attached hydrogen (secondary N) is 1. The fourth-order valence-corrected chi connectivity index (χ4v) is 1.82. The molecular formula is C10H9BrN4O. The molecule has 0 radical (unpaired) electrons.